The maximum atomic E-state index is 12.5. The molecule has 150 valence electrons. The minimum absolute atomic E-state index is 0.137. The van der Waals surface area contributed by atoms with Crippen molar-refractivity contribution in [2.24, 2.45) is 5.92 Å². The Morgan fingerprint density at radius 1 is 1.14 bits per heavy atom. The second kappa shape index (κ2) is 8.24. The number of hydrogen-bond acceptors (Lipinski definition) is 6. The summed E-state index contributed by atoms with van der Waals surface area (Å²) in [4.78, 5) is 23.3. The van der Waals surface area contributed by atoms with Crippen LogP contribution in [0.5, 0.6) is 0 Å². The zero-order chi connectivity index (χ0) is 20.3. The summed E-state index contributed by atoms with van der Waals surface area (Å²) in [5, 5.41) is 2.75. The van der Waals surface area contributed by atoms with Crippen LogP contribution in [0.25, 0.3) is 0 Å². The molecule has 1 aliphatic rings. The van der Waals surface area contributed by atoms with E-state index in [1.54, 1.807) is 6.07 Å². The number of anilines is 2. The molecule has 0 spiro atoms. The highest BCUT2D eigenvalue weighted by molar-refractivity contribution is 7.89. The number of benzene rings is 1. The highest BCUT2D eigenvalue weighted by atomic mass is 32.2. The van der Waals surface area contributed by atoms with E-state index in [2.05, 4.69) is 27.1 Å². The molecule has 1 aromatic carbocycles. The molecule has 0 saturated carbocycles. The summed E-state index contributed by atoms with van der Waals surface area (Å²) in [7, 11) is -0.597. The van der Waals surface area contributed by atoms with Crippen molar-refractivity contribution in [2.75, 3.05) is 37.4 Å². The average molecular weight is 404 g/mol. The fourth-order valence-corrected chi connectivity index (χ4v) is 3.91. The van der Waals surface area contributed by atoms with Crippen molar-refractivity contribution in [3.63, 3.8) is 0 Å². The van der Waals surface area contributed by atoms with Gasteiger partial charge in [-0.15, -0.1) is 0 Å². The number of piperidine rings is 1. The van der Waals surface area contributed by atoms with Crippen LogP contribution in [-0.4, -0.2) is 55.8 Å². The number of amides is 1. The molecule has 0 bridgehead atoms. The molecule has 0 aliphatic carbocycles. The average Bonchev–Trinajstić information content (AvgIpc) is 2.68. The molecule has 2 aromatic rings. The number of carbonyl (C=O) groups is 1. The molecular formula is C19H25N5O3S. The number of hydrogen-bond donors (Lipinski definition) is 1. The topological polar surface area (TPSA) is 95.5 Å². The van der Waals surface area contributed by atoms with E-state index in [9.17, 15) is 13.2 Å². The number of nitrogens with one attached hydrogen (secondary N) is 1. The minimum atomic E-state index is -3.52. The number of aromatic nitrogens is 2. The van der Waals surface area contributed by atoms with E-state index in [0.717, 1.165) is 42.0 Å². The van der Waals surface area contributed by atoms with Crippen molar-refractivity contribution >= 4 is 27.6 Å². The standard InChI is InChI=1S/C19H25N5O3S/c1-14-8-10-24(11-9-14)18-12-17(20-13-21-18)22-19(25)15-4-6-16(7-5-15)28(26,27)23(2)3/h4-7,12-14H,8-11H2,1-3H3,(H,20,21,22,25). The Kier molecular flexibility index (Phi) is 5.95. The summed E-state index contributed by atoms with van der Waals surface area (Å²) in [6.07, 6.45) is 3.68. The molecule has 1 aromatic heterocycles. The maximum absolute atomic E-state index is 12.5. The van der Waals surface area contributed by atoms with Gasteiger partial charge in [0, 0.05) is 38.8 Å². The molecule has 2 heterocycles. The third-order valence-electron chi connectivity index (χ3n) is 4.90. The minimum Gasteiger partial charge on any atom is -0.356 e. The number of nitrogens with zero attached hydrogens (tertiary/aromatic N) is 4. The van der Waals surface area contributed by atoms with Gasteiger partial charge in [0.2, 0.25) is 10.0 Å². The molecule has 3 rings (SSSR count). The van der Waals surface area contributed by atoms with E-state index >= 15 is 0 Å². The van der Waals surface area contributed by atoms with Crippen LogP contribution in [-0.2, 0) is 10.0 Å². The van der Waals surface area contributed by atoms with Crippen LogP contribution in [0, 0.1) is 5.92 Å². The SMILES string of the molecule is CC1CCN(c2cc(NC(=O)c3ccc(S(=O)(=O)N(C)C)cc3)ncn2)CC1. The third-order valence-corrected chi connectivity index (χ3v) is 6.73. The van der Waals surface area contributed by atoms with Crippen molar-refractivity contribution in [3.8, 4) is 0 Å². The van der Waals surface area contributed by atoms with Crippen LogP contribution in [0.3, 0.4) is 0 Å². The van der Waals surface area contributed by atoms with Gasteiger partial charge in [0.1, 0.15) is 18.0 Å². The largest absolute Gasteiger partial charge is 0.356 e. The van der Waals surface area contributed by atoms with Gasteiger partial charge in [0.25, 0.3) is 5.91 Å². The summed E-state index contributed by atoms with van der Waals surface area (Å²) >= 11 is 0. The zero-order valence-electron chi connectivity index (χ0n) is 16.3. The highest BCUT2D eigenvalue weighted by Gasteiger charge is 2.19. The second-order valence-corrected chi connectivity index (χ2v) is 9.35. The molecule has 1 amide bonds. The Morgan fingerprint density at radius 3 is 2.39 bits per heavy atom. The fraction of sp³-hybridized carbons (Fsp3) is 0.421. The molecule has 1 fully saturated rings. The van der Waals surface area contributed by atoms with Gasteiger partial charge >= 0.3 is 0 Å². The van der Waals surface area contributed by atoms with Crippen molar-refractivity contribution in [1.82, 2.24) is 14.3 Å². The number of sulfonamides is 1. The third kappa shape index (κ3) is 4.48. The van der Waals surface area contributed by atoms with Crippen LogP contribution in [0.4, 0.5) is 11.6 Å². The number of rotatable bonds is 5. The van der Waals surface area contributed by atoms with Crippen LogP contribution >= 0.6 is 0 Å². The predicted molar refractivity (Wildman–Crippen MR) is 108 cm³/mol. The smallest absolute Gasteiger partial charge is 0.256 e. The molecule has 1 aliphatic heterocycles. The van der Waals surface area contributed by atoms with Gasteiger partial charge in [0.15, 0.2) is 0 Å². The first-order chi connectivity index (χ1) is 13.3. The van der Waals surface area contributed by atoms with Crippen LogP contribution in [0.15, 0.2) is 41.6 Å². The van der Waals surface area contributed by atoms with E-state index < -0.39 is 10.0 Å². The van der Waals surface area contributed by atoms with E-state index in [1.165, 1.54) is 44.7 Å². The molecule has 1 N–H and O–H groups in total. The van der Waals surface area contributed by atoms with Crippen LogP contribution < -0.4 is 10.2 Å². The van der Waals surface area contributed by atoms with Gasteiger partial charge in [-0.25, -0.2) is 22.7 Å². The zero-order valence-corrected chi connectivity index (χ0v) is 17.1. The van der Waals surface area contributed by atoms with Crippen LogP contribution in [0.2, 0.25) is 0 Å². The summed E-state index contributed by atoms with van der Waals surface area (Å²) < 4.78 is 25.4. The first-order valence-corrected chi connectivity index (χ1v) is 10.6. The lowest BCUT2D eigenvalue weighted by Gasteiger charge is -2.31. The normalized spacial score (nSPS) is 15.6. The number of carbonyl (C=O) groups excluding carboxylic acids is 1. The molecule has 0 unspecified atom stereocenters. The first kappa shape index (κ1) is 20.2. The summed E-state index contributed by atoms with van der Waals surface area (Å²) in [5.41, 5.74) is 0.352. The van der Waals surface area contributed by atoms with E-state index in [0.29, 0.717) is 11.4 Å². The Balaban J connectivity index is 1.70. The monoisotopic (exact) mass is 403 g/mol. The van der Waals surface area contributed by atoms with Gasteiger partial charge in [-0.3, -0.25) is 4.79 Å². The molecule has 9 heteroatoms. The first-order valence-electron chi connectivity index (χ1n) is 9.18. The Labute approximate surface area is 165 Å². The summed E-state index contributed by atoms with van der Waals surface area (Å²) in [6, 6.07) is 7.58. The van der Waals surface area contributed by atoms with E-state index in [1.807, 2.05) is 0 Å². The van der Waals surface area contributed by atoms with Crippen molar-refractivity contribution in [3.05, 3.63) is 42.2 Å². The van der Waals surface area contributed by atoms with Crippen LogP contribution in [0.1, 0.15) is 30.1 Å². The quantitative estimate of drug-likeness (QED) is 0.822. The van der Waals surface area contributed by atoms with Crippen molar-refractivity contribution in [2.45, 2.75) is 24.7 Å². The maximum Gasteiger partial charge on any atom is 0.256 e. The van der Waals surface area contributed by atoms with Crippen molar-refractivity contribution < 1.29 is 13.2 Å². The van der Waals surface area contributed by atoms with Gasteiger partial charge < -0.3 is 10.2 Å². The fourth-order valence-electron chi connectivity index (χ4n) is 3.00. The summed E-state index contributed by atoms with van der Waals surface area (Å²) in [6.45, 7) is 4.12. The second-order valence-electron chi connectivity index (χ2n) is 7.20. The Morgan fingerprint density at radius 2 is 1.79 bits per heavy atom. The van der Waals surface area contributed by atoms with Gasteiger partial charge in [-0.1, -0.05) is 6.92 Å². The van der Waals surface area contributed by atoms with Gasteiger partial charge in [-0.05, 0) is 43.0 Å². The molecule has 8 nitrogen and oxygen atoms in total. The molecular weight excluding hydrogens is 378 g/mol. The van der Waals surface area contributed by atoms with Crippen molar-refractivity contribution in [1.29, 1.82) is 0 Å². The van der Waals surface area contributed by atoms with Gasteiger partial charge in [-0.2, -0.15) is 0 Å². The Hall–Kier alpha value is -2.52. The lowest BCUT2D eigenvalue weighted by molar-refractivity contribution is 0.102. The van der Waals surface area contributed by atoms with E-state index in [4.69, 9.17) is 0 Å². The Bertz CT molecular complexity index is 936. The molecule has 1 saturated heterocycles. The lowest BCUT2D eigenvalue weighted by Crippen LogP contribution is -2.33. The molecule has 0 atom stereocenters. The molecule has 28 heavy (non-hydrogen) atoms. The predicted octanol–water partition coefficient (Wildman–Crippen LogP) is 2.22. The summed E-state index contributed by atoms with van der Waals surface area (Å²) in [5.74, 6) is 1.57. The highest BCUT2D eigenvalue weighted by Crippen LogP contribution is 2.22. The van der Waals surface area contributed by atoms with E-state index in [-0.39, 0.29) is 10.8 Å². The molecule has 0 radical (unpaired) electrons. The lowest BCUT2D eigenvalue weighted by atomic mass is 9.99. The van der Waals surface area contributed by atoms with Gasteiger partial charge in [0.05, 0.1) is 4.90 Å².